The first-order valence-electron chi connectivity index (χ1n) is 20.8. The standard InChI is InChI=1S/C58H47N/c1-40-21-20-33-51-55(40)49-37-36-45(39-52(49)58(51,43-25-10-6-11-26-43)44-27-12-7-13-28-44)59(53-34-19-17-29-46(53)41-22-8-5-9-23-41)54-38-35-42-24-14-15-30-47(42)56(54)48-31-16-18-32-50(48)57(2,3)4/h5-39H,1-4H3. The molecule has 59 heavy (non-hydrogen) atoms. The van der Waals surface area contributed by atoms with Crippen LogP contribution in [0.4, 0.5) is 17.1 Å². The van der Waals surface area contributed by atoms with Gasteiger partial charge in [0.2, 0.25) is 0 Å². The maximum Gasteiger partial charge on any atom is 0.0714 e. The van der Waals surface area contributed by atoms with Gasteiger partial charge in [0.1, 0.15) is 0 Å². The first-order valence-corrected chi connectivity index (χ1v) is 20.8. The molecule has 0 fully saturated rings. The van der Waals surface area contributed by atoms with E-state index in [4.69, 9.17) is 0 Å². The molecule has 0 heterocycles. The molecule has 0 radical (unpaired) electrons. The van der Waals surface area contributed by atoms with Crippen molar-refractivity contribution in [2.75, 3.05) is 4.90 Å². The summed E-state index contributed by atoms with van der Waals surface area (Å²) in [5.74, 6) is 0. The van der Waals surface area contributed by atoms with Crippen LogP contribution in [0.3, 0.4) is 0 Å². The third-order valence-corrected chi connectivity index (χ3v) is 12.4. The normalized spacial score (nSPS) is 12.9. The third-order valence-electron chi connectivity index (χ3n) is 12.4. The van der Waals surface area contributed by atoms with E-state index in [9.17, 15) is 0 Å². The Kier molecular flexibility index (Phi) is 8.91. The van der Waals surface area contributed by atoms with E-state index in [1.54, 1.807) is 0 Å². The van der Waals surface area contributed by atoms with Gasteiger partial charge >= 0.3 is 0 Å². The Morgan fingerprint density at radius 3 is 1.75 bits per heavy atom. The summed E-state index contributed by atoms with van der Waals surface area (Å²) in [4.78, 5) is 2.54. The van der Waals surface area contributed by atoms with Gasteiger partial charge in [0.25, 0.3) is 0 Å². The van der Waals surface area contributed by atoms with Gasteiger partial charge in [-0.15, -0.1) is 0 Å². The lowest BCUT2D eigenvalue weighted by molar-refractivity contribution is 0.592. The minimum absolute atomic E-state index is 0.0836. The van der Waals surface area contributed by atoms with Crippen molar-refractivity contribution < 1.29 is 0 Å². The molecular formula is C58H47N. The third kappa shape index (κ3) is 5.92. The van der Waals surface area contributed by atoms with Gasteiger partial charge in [-0.1, -0.05) is 209 Å². The van der Waals surface area contributed by atoms with Gasteiger partial charge in [-0.3, -0.25) is 0 Å². The molecule has 1 nitrogen and oxygen atoms in total. The fraction of sp³-hybridized carbons (Fsp3) is 0.103. The number of hydrogen-bond donors (Lipinski definition) is 0. The number of nitrogens with zero attached hydrogens (tertiary/aromatic N) is 1. The molecule has 1 aliphatic carbocycles. The van der Waals surface area contributed by atoms with E-state index in [2.05, 4.69) is 245 Å². The molecule has 0 aromatic heterocycles. The highest BCUT2D eigenvalue weighted by Gasteiger charge is 2.47. The van der Waals surface area contributed by atoms with Crippen molar-refractivity contribution >= 4 is 27.8 Å². The minimum Gasteiger partial charge on any atom is -0.309 e. The van der Waals surface area contributed by atoms with Gasteiger partial charge in [-0.05, 0) is 103 Å². The molecule has 1 heteroatoms. The Morgan fingerprint density at radius 2 is 1.03 bits per heavy atom. The molecule has 0 aliphatic heterocycles. The first kappa shape index (κ1) is 36.4. The fourth-order valence-corrected chi connectivity index (χ4v) is 9.87. The molecule has 0 unspecified atom stereocenters. The molecule has 0 amide bonds. The van der Waals surface area contributed by atoms with Crippen LogP contribution >= 0.6 is 0 Å². The highest BCUT2D eigenvalue weighted by molar-refractivity contribution is 6.07. The summed E-state index contributed by atoms with van der Waals surface area (Å²) >= 11 is 0. The largest absolute Gasteiger partial charge is 0.309 e. The second-order valence-corrected chi connectivity index (χ2v) is 16.9. The predicted octanol–water partition coefficient (Wildman–Crippen LogP) is 15.6. The summed E-state index contributed by atoms with van der Waals surface area (Å²) in [6.07, 6.45) is 0. The minimum atomic E-state index is -0.537. The first-order chi connectivity index (χ1) is 28.9. The summed E-state index contributed by atoms with van der Waals surface area (Å²) in [5.41, 5.74) is 17.9. The molecule has 9 aromatic rings. The summed E-state index contributed by atoms with van der Waals surface area (Å²) in [5, 5.41) is 2.45. The highest BCUT2D eigenvalue weighted by atomic mass is 15.1. The summed E-state index contributed by atoms with van der Waals surface area (Å²) in [6.45, 7) is 9.24. The van der Waals surface area contributed by atoms with Crippen LogP contribution in [0.5, 0.6) is 0 Å². The highest BCUT2D eigenvalue weighted by Crippen LogP contribution is 2.59. The lowest BCUT2D eigenvalue weighted by atomic mass is 9.67. The molecule has 0 saturated heterocycles. The van der Waals surface area contributed by atoms with E-state index in [1.165, 1.54) is 77.5 Å². The van der Waals surface area contributed by atoms with Gasteiger partial charge < -0.3 is 4.90 Å². The topological polar surface area (TPSA) is 3.24 Å². The number of benzene rings is 9. The molecular weight excluding hydrogens is 711 g/mol. The van der Waals surface area contributed by atoms with Crippen LogP contribution in [0.15, 0.2) is 212 Å². The number of hydrogen-bond acceptors (Lipinski definition) is 1. The molecule has 1 aliphatic rings. The second kappa shape index (κ2) is 14.5. The Labute approximate surface area is 348 Å². The van der Waals surface area contributed by atoms with E-state index in [0.717, 1.165) is 17.1 Å². The molecule has 0 saturated carbocycles. The zero-order valence-corrected chi connectivity index (χ0v) is 34.2. The van der Waals surface area contributed by atoms with Crippen LogP contribution in [0.1, 0.15) is 54.2 Å². The SMILES string of the molecule is Cc1cccc2c1-c1ccc(N(c3ccccc3-c3ccccc3)c3ccc4ccccc4c3-c3ccccc3C(C)(C)C)cc1C2(c1ccccc1)c1ccccc1. The Morgan fingerprint density at radius 1 is 0.424 bits per heavy atom. The molecule has 10 rings (SSSR count). The molecule has 284 valence electrons. The van der Waals surface area contributed by atoms with Crippen molar-refractivity contribution in [3.8, 4) is 33.4 Å². The lowest BCUT2D eigenvalue weighted by Crippen LogP contribution is -2.28. The molecule has 0 atom stereocenters. The average molecular weight is 758 g/mol. The summed E-state index contributed by atoms with van der Waals surface area (Å²) in [7, 11) is 0. The van der Waals surface area contributed by atoms with Crippen LogP contribution in [0.25, 0.3) is 44.2 Å². The Bertz CT molecular complexity index is 2930. The smallest absolute Gasteiger partial charge is 0.0714 e. The Hall–Kier alpha value is -6.96. The van der Waals surface area contributed by atoms with Crippen molar-refractivity contribution in [3.05, 3.63) is 246 Å². The quantitative estimate of drug-likeness (QED) is 0.156. The van der Waals surface area contributed by atoms with Crippen molar-refractivity contribution in [1.82, 2.24) is 0 Å². The molecule has 0 N–H and O–H groups in total. The van der Waals surface area contributed by atoms with E-state index in [1.807, 2.05) is 0 Å². The van der Waals surface area contributed by atoms with Crippen molar-refractivity contribution in [3.63, 3.8) is 0 Å². The van der Waals surface area contributed by atoms with Crippen molar-refractivity contribution in [2.45, 2.75) is 38.5 Å². The number of rotatable bonds is 7. The maximum atomic E-state index is 2.54. The Balaban J connectivity index is 1.34. The second-order valence-electron chi connectivity index (χ2n) is 16.9. The van der Waals surface area contributed by atoms with Gasteiger partial charge in [0, 0.05) is 16.8 Å². The lowest BCUT2D eigenvalue weighted by Gasteiger charge is -2.36. The maximum absolute atomic E-state index is 2.54. The van der Waals surface area contributed by atoms with Gasteiger partial charge in [0.15, 0.2) is 0 Å². The van der Waals surface area contributed by atoms with Crippen LogP contribution in [-0.2, 0) is 10.8 Å². The van der Waals surface area contributed by atoms with E-state index >= 15 is 0 Å². The zero-order chi connectivity index (χ0) is 40.1. The fourth-order valence-electron chi connectivity index (χ4n) is 9.87. The molecule has 9 aromatic carbocycles. The van der Waals surface area contributed by atoms with Crippen LogP contribution in [-0.4, -0.2) is 0 Å². The van der Waals surface area contributed by atoms with Gasteiger partial charge in [0.05, 0.1) is 16.8 Å². The van der Waals surface area contributed by atoms with E-state index < -0.39 is 5.41 Å². The van der Waals surface area contributed by atoms with E-state index in [0.29, 0.717) is 0 Å². The molecule has 0 spiro atoms. The molecule has 0 bridgehead atoms. The number of anilines is 3. The van der Waals surface area contributed by atoms with Gasteiger partial charge in [-0.2, -0.15) is 0 Å². The van der Waals surface area contributed by atoms with Crippen molar-refractivity contribution in [2.24, 2.45) is 0 Å². The van der Waals surface area contributed by atoms with Crippen LogP contribution < -0.4 is 4.90 Å². The van der Waals surface area contributed by atoms with Crippen molar-refractivity contribution in [1.29, 1.82) is 0 Å². The summed E-state index contributed by atoms with van der Waals surface area (Å²) < 4.78 is 0. The monoisotopic (exact) mass is 757 g/mol. The number of fused-ring (bicyclic) bond motifs is 4. The summed E-state index contributed by atoms with van der Waals surface area (Å²) in [6, 6.07) is 78.7. The van der Waals surface area contributed by atoms with Crippen LogP contribution in [0.2, 0.25) is 0 Å². The predicted molar refractivity (Wildman–Crippen MR) is 250 cm³/mol. The zero-order valence-electron chi connectivity index (χ0n) is 34.2. The number of para-hydroxylation sites is 1. The van der Waals surface area contributed by atoms with E-state index in [-0.39, 0.29) is 5.41 Å². The number of aryl methyl sites for hydroxylation is 1. The van der Waals surface area contributed by atoms with Crippen LogP contribution in [0, 0.1) is 6.92 Å². The average Bonchev–Trinajstić information content (AvgIpc) is 3.58. The van der Waals surface area contributed by atoms with Gasteiger partial charge in [-0.25, -0.2) is 0 Å².